The van der Waals surface area contributed by atoms with Gasteiger partial charge in [0, 0.05) is 25.0 Å². The monoisotopic (exact) mass is 300 g/mol. The van der Waals surface area contributed by atoms with Crippen molar-refractivity contribution in [2.45, 2.75) is 11.3 Å². The molecular weight excluding hydrogens is 280 g/mol. The molecule has 0 bridgehead atoms. The van der Waals surface area contributed by atoms with Crippen LogP contribution in [0.25, 0.3) is 0 Å². The van der Waals surface area contributed by atoms with E-state index < -0.39 is 5.97 Å². The number of carbonyl (C=O) groups is 1. The van der Waals surface area contributed by atoms with Crippen molar-refractivity contribution in [2.75, 3.05) is 39.8 Å². The summed E-state index contributed by atoms with van der Waals surface area (Å²) in [5, 5.41) is 9.25. The van der Waals surface area contributed by atoms with Crippen molar-refractivity contribution in [1.29, 1.82) is 0 Å². The number of methoxy groups -OCH3 is 1. The summed E-state index contributed by atoms with van der Waals surface area (Å²) < 4.78 is 15.7. The first-order chi connectivity index (χ1) is 9.70. The van der Waals surface area contributed by atoms with E-state index in [1.165, 1.54) is 11.8 Å². The lowest BCUT2D eigenvalue weighted by molar-refractivity contribution is 0.0636. The fourth-order valence-electron chi connectivity index (χ4n) is 1.60. The molecule has 0 saturated carbocycles. The molecule has 0 aliphatic carbocycles. The second-order valence-electron chi connectivity index (χ2n) is 3.95. The number of hydrogen-bond donors (Lipinski definition) is 1. The van der Waals surface area contributed by atoms with Crippen LogP contribution < -0.4 is 4.74 Å². The highest BCUT2D eigenvalue weighted by atomic mass is 32.2. The van der Waals surface area contributed by atoms with Gasteiger partial charge in [0.2, 0.25) is 0 Å². The van der Waals surface area contributed by atoms with Gasteiger partial charge in [-0.3, -0.25) is 0 Å². The van der Waals surface area contributed by atoms with Gasteiger partial charge in [0.1, 0.15) is 11.3 Å². The topological polar surface area (TPSA) is 65.0 Å². The molecule has 0 fully saturated rings. The van der Waals surface area contributed by atoms with Crippen molar-refractivity contribution in [2.24, 2.45) is 0 Å². The van der Waals surface area contributed by atoms with E-state index in [2.05, 4.69) is 0 Å². The summed E-state index contributed by atoms with van der Waals surface area (Å²) in [5.41, 5.74) is 0.223. The number of carboxylic acid groups (broad SMARTS) is 1. The van der Waals surface area contributed by atoms with Gasteiger partial charge in [0.15, 0.2) is 0 Å². The highest BCUT2D eigenvalue weighted by Gasteiger charge is 2.15. The van der Waals surface area contributed by atoms with Crippen LogP contribution in [0.5, 0.6) is 5.75 Å². The Bertz CT molecular complexity index is 422. The van der Waals surface area contributed by atoms with Crippen LogP contribution in [-0.2, 0) is 9.47 Å². The van der Waals surface area contributed by atoms with E-state index in [0.29, 0.717) is 43.5 Å². The highest BCUT2D eigenvalue weighted by Crippen LogP contribution is 2.28. The van der Waals surface area contributed by atoms with Crippen LogP contribution in [0.4, 0.5) is 0 Å². The van der Waals surface area contributed by atoms with Crippen molar-refractivity contribution in [1.82, 2.24) is 0 Å². The molecule has 1 aromatic rings. The zero-order valence-corrected chi connectivity index (χ0v) is 12.6. The molecule has 0 saturated heterocycles. The van der Waals surface area contributed by atoms with Crippen LogP contribution in [0.1, 0.15) is 16.8 Å². The maximum Gasteiger partial charge on any atom is 0.340 e. The number of carboxylic acids is 1. The lowest BCUT2D eigenvalue weighted by atomic mass is 10.2. The number of ether oxygens (including phenoxy) is 3. The minimum atomic E-state index is -0.971. The Morgan fingerprint density at radius 1 is 1.25 bits per heavy atom. The Morgan fingerprint density at radius 3 is 2.70 bits per heavy atom. The van der Waals surface area contributed by atoms with Crippen LogP contribution in [0.3, 0.4) is 0 Å². The average molecular weight is 300 g/mol. The number of benzene rings is 1. The van der Waals surface area contributed by atoms with Gasteiger partial charge in [-0.15, -0.1) is 11.8 Å². The molecule has 20 heavy (non-hydrogen) atoms. The van der Waals surface area contributed by atoms with Crippen molar-refractivity contribution in [3.8, 4) is 5.75 Å². The van der Waals surface area contributed by atoms with Gasteiger partial charge in [0.05, 0.1) is 19.8 Å². The standard InChI is InChI=1S/C14H20O5S/c1-17-9-10-18-7-4-8-19-11-5-3-6-12(20-2)13(11)14(15)16/h3,5-6H,4,7-10H2,1-2H3,(H,15,16). The van der Waals surface area contributed by atoms with E-state index in [9.17, 15) is 9.90 Å². The van der Waals surface area contributed by atoms with E-state index in [1.54, 1.807) is 25.3 Å². The predicted molar refractivity (Wildman–Crippen MR) is 78.0 cm³/mol. The molecule has 112 valence electrons. The Hall–Kier alpha value is -1.24. The van der Waals surface area contributed by atoms with Gasteiger partial charge in [-0.2, -0.15) is 0 Å². The van der Waals surface area contributed by atoms with Gasteiger partial charge in [-0.1, -0.05) is 6.07 Å². The van der Waals surface area contributed by atoms with Crippen LogP contribution in [0.2, 0.25) is 0 Å². The van der Waals surface area contributed by atoms with Crippen molar-refractivity contribution in [3.05, 3.63) is 23.8 Å². The van der Waals surface area contributed by atoms with E-state index in [0.717, 1.165) is 0 Å². The Morgan fingerprint density at radius 2 is 2.05 bits per heavy atom. The molecule has 5 nitrogen and oxygen atoms in total. The first kappa shape index (κ1) is 16.8. The number of hydrogen-bond acceptors (Lipinski definition) is 5. The molecule has 0 radical (unpaired) electrons. The zero-order chi connectivity index (χ0) is 14.8. The lowest BCUT2D eigenvalue weighted by Crippen LogP contribution is -2.09. The summed E-state index contributed by atoms with van der Waals surface area (Å²) in [4.78, 5) is 12.0. The first-order valence-electron chi connectivity index (χ1n) is 6.30. The molecule has 0 aliphatic rings. The normalized spacial score (nSPS) is 10.5. The molecule has 0 atom stereocenters. The first-order valence-corrected chi connectivity index (χ1v) is 7.53. The van der Waals surface area contributed by atoms with E-state index in [-0.39, 0.29) is 5.56 Å². The Kier molecular flexibility index (Phi) is 8.10. The molecule has 0 heterocycles. The Labute approximate surface area is 123 Å². The maximum absolute atomic E-state index is 11.3. The third-order valence-electron chi connectivity index (χ3n) is 2.54. The number of rotatable bonds is 10. The predicted octanol–water partition coefficient (Wildman–Crippen LogP) is 2.54. The molecule has 6 heteroatoms. The second-order valence-corrected chi connectivity index (χ2v) is 4.79. The largest absolute Gasteiger partial charge is 0.493 e. The van der Waals surface area contributed by atoms with Gasteiger partial charge >= 0.3 is 5.97 Å². The quantitative estimate of drug-likeness (QED) is 0.529. The summed E-state index contributed by atoms with van der Waals surface area (Å²) >= 11 is 1.39. The fourth-order valence-corrected chi connectivity index (χ4v) is 2.21. The van der Waals surface area contributed by atoms with E-state index in [1.807, 2.05) is 6.26 Å². The molecule has 0 unspecified atom stereocenters. The van der Waals surface area contributed by atoms with Crippen LogP contribution in [0.15, 0.2) is 23.1 Å². The molecule has 0 spiro atoms. The minimum absolute atomic E-state index is 0.223. The van der Waals surface area contributed by atoms with Gasteiger partial charge < -0.3 is 19.3 Å². The summed E-state index contributed by atoms with van der Waals surface area (Å²) in [6, 6.07) is 5.24. The summed E-state index contributed by atoms with van der Waals surface area (Å²) in [6.07, 6.45) is 2.54. The average Bonchev–Trinajstić information content (AvgIpc) is 2.45. The van der Waals surface area contributed by atoms with E-state index in [4.69, 9.17) is 14.2 Å². The lowest BCUT2D eigenvalue weighted by Gasteiger charge is -2.11. The van der Waals surface area contributed by atoms with E-state index >= 15 is 0 Å². The van der Waals surface area contributed by atoms with Gasteiger partial charge in [-0.05, 0) is 18.4 Å². The van der Waals surface area contributed by atoms with Crippen LogP contribution >= 0.6 is 11.8 Å². The maximum atomic E-state index is 11.3. The number of aromatic carboxylic acids is 1. The summed E-state index contributed by atoms with van der Waals surface area (Å²) in [5.74, 6) is -0.567. The van der Waals surface area contributed by atoms with Crippen LogP contribution in [0, 0.1) is 0 Å². The van der Waals surface area contributed by atoms with Crippen molar-refractivity contribution >= 4 is 17.7 Å². The molecule has 0 aliphatic heterocycles. The molecule has 0 amide bonds. The summed E-state index contributed by atoms with van der Waals surface area (Å²) in [7, 11) is 1.62. The third kappa shape index (κ3) is 5.40. The Balaban J connectivity index is 2.45. The molecular formula is C14H20O5S. The third-order valence-corrected chi connectivity index (χ3v) is 3.32. The SMILES string of the molecule is COCCOCCCOc1cccc(SC)c1C(=O)O. The molecule has 0 aromatic heterocycles. The summed E-state index contributed by atoms with van der Waals surface area (Å²) in [6.45, 7) is 2.11. The minimum Gasteiger partial charge on any atom is -0.493 e. The second kappa shape index (κ2) is 9.63. The van der Waals surface area contributed by atoms with Crippen LogP contribution in [-0.4, -0.2) is 50.9 Å². The molecule has 1 rings (SSSR count). The fraction of sp³-hybridized carbons (Fsp3) is 0.500. The van der Waals surface area contributed by atoms with Gasteiger partial charge in [-0.25, -0.2) is 4.79 Å². The molecule has 1 N–H and O–H groups in total. The number of thioether (sulfide) groups is 1. The van der Waals surface area contributed by atoms with Crippen molar-refractivity contribution in [3.63, 3.8) is 0 Å². The smallest absolute Gasteiger partial charge is 0.340 e. The molecule has 1 aromatic carbocycles. The zero-order valence-electron chi connectivity index (χ0n) is 11.8. The van der Waals surface area contributed by atoms with Gasteiger partial charge in [0.25, 0.3) is 0 Å². The highest BCUT2D eigenvalue weighted by molar-refractivity contribution is 7.98. The van der Waals surface area contributed by atoms with Crippen molar-refractivity contribution < 1.29 is 24.1 Å².